The van der Waals surface area contributed by atoms with Crippen LogP contribution in [0, 0.1) is 0 Å². The first-order valence-electron chi connectivity index (χ1n) is 21.9. The predicted molar refractivity (Wildman–Crippen MR) is 267 cm³/mol. The molecule has 0 spiro atoms. The van der Waals surface area contributed by atoms with Gasteiger partial charge in [-0.1, -0.05) is 166 Å². The van der Waals surface area contributed by atoms with Gasteiger partial charge in [0.25, 0.3) is 0 Å². The van der Waals surface area contributed by atoms with Crippen LogP contribution in [-0.2, 0) is 5.41 Å². The average Bonchev–Trinajstić information content (AvgIpc) is 3.82. The van der Waals surface area contributed by atoms with E-state index in [1.165, 1.54) is 76.5 Å². The van der Waals surface area contributed by atoms with E-state index in [1.807, 2.05) is 6.07 Å². The second-order valence-corrected chi connectivity index (χ2v) is 17.7. The number of nitrogens with zero attached hydrogens (tertiary/aromatic N) is 1. The zero-order valence-electron chi connectivity index (χ0n) is 35.1. The van der Waals surface area contributed by atoms with Gasteiger partial charge in [-0.2, -0.15) is 0 Å². The van der Waals surface area contributed by atoms with E-state index in [1.54, 1.807) is 0 Å². The highest BCUT2D eigenvalue weighted by Gasteiger charge is 2.36. The first-order valence-corrected chi connectivity index (χ1v) is 21.9. The third-order valence-electron chi connectivity index (χ3n) is 13.8. The Hall–Kier alpha value is -7.94. The number of hydrogen-bond donors (Lipinski definition) is 0. The molecule has 0 amide bonds. The minimum absolute atomic E-state index is 0.175. The molecule has 2 nitrogen and oxygen atoms in total. The lowest BCUT2D eigenvalue weighted by molar-refractivity contribution is 0.660. The fourth-order valence-corrected chi connectivity index (χ4v) is 10.7. The quantitative estimate of drug-likeness (QED) is 0.161. The van der Waals surface area contributed by atoms with Crippen LogP contribution in [0.25, 0.3) is 98.4 Å². The van der Waals surface area contributed by atoms with E-state index < -0.39 is 0 Å². The van der Waals surface area contributed by atoms with Crippen LogP contribution in [0.1, 0.15) is 25.0 Å². The van der Waals surface area contributed by atoms with Gasteiger partial charge in [-0.05, 0) is 137 Å². The summed E-state index contributed by atoms with van der Waals surface area (Å²) in [5.74, 6) is 0. The molecule has 1 aromatic heterocycles. The molecule has 63 heavy (non-hydrogen) atoms. The molecular formula is C61H41NO. The van der Waals surface area contributed by atoms with E-state index in [0.717, 1.165) is 50.1 Å². The topological polar surface area (TPSA) is 16.4 Å². The highest BCUT2D eigenvalue weighted by molar-refractivity contribution is 6.27. The van der Waals surface area contributed by atoms with E-state index >= 15 is 0 Å². The lowest BCUT2D eigenvalue weighted by Crippen LogP contribution is -2.17. The average molecular weight is 804 g/mol. The first kappa shape index (κ1) is 35.8. The first-order chi connectivity index (χ1) is 31.0. The Kier molecular flexibility index (Phi) is 7.68. The van der Waals surface area contributed by atoms with Gasteiger partial charge in [0.1, 0.15) is 11.2 Å². The van der Waals surface area contributed by atoms with E-state index in [4.69, 9.17) is 4.42 Å². The van der Waals surface area contributed by atoms with Crippen molar-refractivity contribution in [3.8, 4) is 33.4 Å². The number of furan rings is 1. The van der Waals surface area contributed by atoms with Crippen molar-refractivity contribution in [3.05, 3.63) is 223 Å². The van der Waals surface area contributed by atoms with Gasteiger partial charge >= 0.3 is 0 Å². The number of para-hydroxylation sites is 1. The maximum Gasteiger partial charge on any atom is 0.137 e. The van der Waals surface area contributed by atoms with Crippen molar-refractivity contribution in [1.29, 1.82) is 0 Å². The summed E-state index contributed by atoms with van der Waals surface area (Å²) in [7, 11) is 0. The Labute approximate surface area is 365 Å². The Morgan fingerprint density at radius 3 is 1.73 bits per heavy atom. The van der Waals surface area contributed by atoms with E-state index in [9.17, 15) is 0 Å². The minimum atomic E-state index is -0.175. The van der Waals surface area contributed by atoms with Gasteiger partial charge in [0.05, 0.1) is 5.69 Å². The molecular weight excluding hydrogens is 763 g/mol. The van der Waals surface area contributed by atoms with Crippen molar-refractivity contribution in [2.75, 3.05) is 4.90 Å². The Bertz CT molecular complexity index is 3850. The Morgan fingerprint density at radius 2 is 0.921 bits per heavy atom. The number of hydrogen-bond acceptors (Lipinski definition) is 2. The molecule has 13 rings (SSSR count). The van der Waals surface area contributed by atoms with Crippen LogP contribution in [0.5, 0.6) is 0 Å². The summed E-state index contributed by atoms with van der Waals surface area (Å²) in [6.45, 7) is 4.73. The molecule has 2 heteroatoms. The van der Waals surface area contributed by atoms with Crippen molar-refractivity contribution in [2.45, 2.75) is 19.3 Å². The van der Waals surface area contributed by atoms with Crippen LogP contribution in [0.2, 0.25) is 0 Å². The summed E-state index contributed by atoms with van der Waals surface area (Å²) in [5, 5.41) is 12.2. The molecule has 0 saturated carbocycles. The van der Waals surface area contributed by atoms with Crippen molar-refractivity contribution >= 4 is 82.1 Å². The molecule has 0 radical (unpaired) electrons. The van der Waals surface area contributed by atoms with Gasteiger partial charge in [-0.3, -0.25) is 0 Å². The maximum atomic E-state index is 6.62. The zero-order chi connectivity index (χ0) is 41.8. The van der Waals surface area contributed by atoms with Crippen LogP contribution in [0.15, 0.2) is 217 Å². The van der Waals surface area contributed by atoms with E-state index in [-0.39, 0.29) is 5.41 Å². The molecule has 1 heterocycles. The zero-order valence-corrected chi connectivity index (χ0v) is 35.1. The van der Waals surface area contributed by atoms with Gasteiger partial charge in [0.2, 0.25) is 0 Å². The van der Waals surface area contributed by atoms with Crippen molar-refractivity contribution < 1.29 is 4.42 Å². The molecule has 296 valence electrons. The molecule has 1 aliphatic carbocycles. The summed E-state index contributed by atoms with van der Waals surface area (Å²) in [5.41, 5.74) is 14.8. The second kappa shape index (κ2) is 13.5. The molecule has 0 unspecified atom stereocenters. The van der Waals surface area contributed by atoms with E-state index in [2.05, 4.69) is 225 Å². The van der Waals surface area contributed by atoms with Gasteiger partial charge in [-0.25, -0.2) is 0 Å². The molecule has 0 N–H and O–H groups in total. The third kappa shape index (κ3) is 5.44. The highest BCUT2D eigenvalue weighted by Crippen LogP contribution is 2.52. The van der Waals surface area contributed by atoms with Gasteiger partial charge in [0, 0.05) is 39.2 Å². The van der Waals surface area contributed by atoms with E-state index in [0.29, 0.717) is 0 Å². The van der Waals surface area contributed by atoms with Gasteiger partial charge in [-0.15, -0.1) is 0 Å². The van der Waals surface area contributed by atoms with Crippen LogP contribution in [0.3, 0.4) is 0 Å². The largest absolute Gasteiger partial charge is 0.456 e. The van der Waals surface area contributed by atoms with Crippen LogP contribution in [0.4, 0.5) is 17.1 Å². The van der Waals surface area contributed by atoms with Crippen molar-refractivity contribution in [1.82, 2.24) is 0 Å². The second-order valence-electron chi connectivity index (χ2n) is 17.7. The van der Waals surface area contributed by atoms with Gasteiger partial charge in [0.15, 0.2) is 0 Å². The monoisotopic (exact) mass is 803 g/mol. The fraction of sp³-hybridized carbons (Fsp3) is 0.0492. The fourth-order valence-electron chi connectivity index (χ4n) is 10.7. The number of anilines is 3. The third-order valence-corrected chi connectivity index (χ3v) is 13.8. The summed E-state index contributed by atoms with van der Waals surface area (Å²) in [4.78, 5) is 2.48. The molecule has 12 aromatic rings. The molecule has 0 fully saturated rings. The van der Waals surface area contributed by atoms with Gasteiger partial charge < -0.3 is 9.32 Å². The smallest absolute Gasteiger partial charge is 0.137 e. The number of benzene rings is 11. The highest BCUT2D eigenvalue weighted by atomic mass is 16.3. The Balaban J connectivity index is 1.13. The molecule has 1 aliphatic rings. The molecule has 0 aliphatic heterocycles. The molecule has 0 bridgehead atoms. The molecule has 0 atom stereocenters. The number of rotatable bonds is 5. The predicted octanol–water partition coefficient (Wildman–Crippen LogP) is 17.3. The summed E-state index contributed by atoms with van der Waals surface area (Å²) < 4.78 is 6.62. The van der Waals surface area contributed by atoms with Crippen molar-refractivity contribution in [3.63, 3.8) is 0 Å². The molecule has 11 aromatic carbocycles. The molecule has 0 saturated heterocycles. The summed E-state index contributed by atoms with van der Waals surface area (Å²) in [6.07, 6.45) is 0. The Morgan fingerprint density at radius 1 is 0.333 bits per heavy atom. The number of fused-ring (bicyclic) bond motifs is 13. The summed E-state index contributed by atoms with van der Waals surface area (Å²) in [6, 6.07) is 78.3. The standard InChI is InChI=1S/C61H41NO/c1-61(2)56-24-11-9-22-49(56)50-30-28-43(34-57(50)61)62(44-29-31-52-51-23-10-12-25-59(51)63-60(52)35-44)58-37-55-48-21-8-6-19-46(48)45-18-5-7-20-47(45)54(55)36-53(58)42-17-13-16-40(33-42)41-27-26-38-14-3-4-15-39(38)32-41/h3-37H,1-2H3. The minimum Gasteiger partial charge on any atom is -0.456 e. The van der Waals surface area contributed by atoms with Crippen LogP contribution in [-0.4, -0.2) is 0 Å². The van der Waals surface area contributed by atoms with Crippen molar-refractivity contribution in [2.24, 2.45) is 0 Å². The van der Waals surface area contributed by atoms with Crippen LogP contribution < -0.4 is 4.90 Å². The van der Waals surface area contributed by atoms with Crippen LogP contribution >= 0.6 is 0 Å². The lowest BCUT2D eigenvalue weighted by Gasteiger charge is -2.30. The lowest BCUT2D eigenvalue weighted by atomic mass is 9.82. The maximum absolute atomic E-state index is 6.62. The normalized spacial score (nSPS) is 13.0. The summed E-state index contributed by atoms with van der Waals surface area (Å²) >= 11 is 0. The SMILES string of the molecule is CC1(C)c2ccccc2-c2ccc(N(c3ccc4c(c3)oc3ccccc34)c3cc4c5ccccc5c5ccccc5c4cc3-c3cccc(-c4ccc5ccccc5c4)c3)cc21.